The average molecular weight is 294 g/mol. The second-order valence-corrected chi connectivity index (χ2v) is 6.41. The van der Waals surface area contributed by atoms with Crippen LogP contribution in [0.5, 0.6) is 0 Å². The molecule has 20 heavy (non-hydrogen) atoms. The molecule has 0 unspecified atom stereocenters. The van der Waals surface area contributed by atoms with Gasteiger partial charge in [0.2, 0.25) is 0 Å². The first kappa shape index (κ1) is 14.8. The summed E-state index contributed by atoms with van der Waals surface area (Å²) in [7, 11) is 0. The number of benzene rings is 1. The molecule has 0 amide bonds. The van der Waals surface area contributed by atoms with Crippen LogP contribution in [-0.4, -0.2) is 20.2 Å². The maximum atomic E-state index is 6.24. The van der Waals surface area contributed by atoms with Crippen molar-refractivity contribution in [3.63, 3.8) is 0 Å². The van der Waals surface area contributed by atoms with Crippen molar-refractivity contribution < 1.29 is 0 Å². The lowest BCUT2D eigenvalue weighted by Gasteiger charge is -2.29. The first-order valence-electron chi connectivity index (χ1n) is 6.63. The van der Waals surface area contributed by atoms with Gasteiger partial charge < -0.3 is 5.73 Å². The number of nitrogens with two attached hydrogens (primary N) is 1. The third-order valence-electron chi connectivity index (χ3n) is 3.92. The highest BCUT2D eigenvalue weighted by Crippen LogP contribution is 2.34. The molecule has 0 saturated carbocycles. The van der Waals surface area contributed by atoms with Gasteiger partial charge in [-0.1, -0.05) is 45.4 Å². The molecule has 0 fully saturated rings. The average Bonchev–Trinajstić information content (AvgIpc) is 2.76. The van der Waals surface area contributed by atoms with E-state index >= 15 is 0 Å². The quantitative estimate of drug-likeness (QED) is 0.879. The molecular formula is C14H20ClN5. The van der Waals surface area contributed by atoms with Crippen molar-refractivity contribution in [2.75, 3.05) is 5.73 Å². The van der Waals surface area contributed by atoms with Crippen molar-refractivity contribution >= 4 is 17.3 Å². The van der Waals surface area contributed by atoms with Gasteiger partial charge in [-0.05, 0) is 33.9 Å². The van der Waals surface area contributed by atoms with Crippen LogP contribution in [0.4, 0.5) is 5.69 Å². The lowest BCUT2D eigenvalue weighted by atomic mass is 9.81. The monoisotopic (exact) mass is 293 g/mol. The first-order chi connectivity index (χ1) is 9.33. The summed E-state index contributed by atoms with van der Waals surface area (Å²) in [6.45, 7) is 9.47. The number of hydrogen-bond donors (Lipinski definition) is 1. The molecule has 0 atom stereocenters. The zero-order valence-electron chi connectivity index (χ0n) is 12.3. The Morgan fingerprint density at radius 2 is 2.05 bits per heavy atom. The van der Waals surface area contributed by atoms with Crippen LogP contribution in [0.2, 0.25) is 5.02 Å². The molecule has 0 aliphatic heterocycles. The van der Waals surface area contributed by atoms with E-state index in [1.807, 2.05) is 6.07 Å². The van der Waals surface area contributed by atoms with Crippen molar-refractivity contribution in [3.8, 4) is 11.4 Å². The van der Waals surface area contributed by atoms with E-state index in [-0.39, 0.29) is 5.41 Å². The van der Waals surface area contributed by atoms with E-state index in [4.69, 9.17) is 17.3 Å². The summed E-state index contributed by atoms with van der Waals surface area (Å²) < 4.78 is 1.78. The molecule has 1 aromatic heterocycles. The van der Waals surface area contributed by atoms with Gasteiger partial charge in [0, 0.05) is 5.69 Å². The molecule has 6 heteroatoms. The summed E-state index contributed by atoms with van der Waals surface area (Å²) in [4.78, 5) is 0. The zero-order valence-corrected chi connectivity index (χ0v) is 13.0. The standard InChI is InChI=1S/C14H20ClN5/c1-9(2)14(3,4)8-20-13(17-18-19-20)12-10(15)6-5-7-11(12)16/h5-7,9H,8,16H2,1-4H3. The minimum absolute atomic E-state index is 0.0696. The summed E-state index contributed by atoms with van der Waals surface area (Å²) in [6, 6.07) is 5.40. The van der Waals surface area contributed by atoms with Gasteiger partial charge >= 0.3 is 0 Å². The molecule has 0 spiro atoms. The summed E-state index contributed by atoms with van der Waals surface area (Å²) >= 11 is 6.24. The molecule has 5 nitrogen and oxygen atoms in total. The Morgan fingerprint density at radius 3 is 2.65 bits per heavy atom. The molecular weight excluding hydrogens is 274 g/mol. The Hall–Kier alpha value is -1.62. The van der Waals surface area contributed by atoms with E-state index in [9.17, 15) is 0 Å². The van der Waals surface area contributed by atoms with Gasteiger partial charge in [0.25, 0.3) is 0 Å². The summed E-state index contributed by atoms with van der Waals surface area (Å²) in [6.07, 6.45) is 0. The van der Waals surface area contributed by atoms with Crippen LogP contribution in [0, 0.1) is 11.3 Å². The Bertz CT molecular complexity index is 583. The molecule has 0 aliphatic carbocycles. The van der Waals surface area contributed by atoms with Crippen LogP contribution < -0.4 is 5.73 Å². The van der Waals surface area contributed by atoms with E-state index in [0.29, 0.717) is 34.6 Å². The second-order valence-electron chi connectivity index (χ2n) is 6.01. The van der Waals surface area contributed by atoms with Crippen LogP contribution in [0.25, 0.3) is 11.4 Å². The lowest BCUT2D eigenvalue weighted by Crippen LogP contribution is -2.26. The Kier molecular flexibility index (Phi) is 3.99. The van der Waals surface area contributed by atoms with Gasteiger partial charge in [0.15, 0.2) is 5.82 Å². The van der Waals surface area contributed by atoms with Crippen LogP contribution in [0.15, 0.2) is 18.2 Å². The molecule has 2 aromatic rings. The fourth-order valence-corrected chi connectivity index (χ4v) is 2.10. The smallest absolute Gasteiger partial charge is 0.185 e. The number of nitrogens with zero attached hydrogens (tertiary/aromatic N) is 4. The number of aromatic nitrogens is 4. The van der Waals surface area contributed by atoms with Crippen molar-refractivity contribution in [3.05, 3.63) is 23.2 Å². The van der Waals surface area contributed by atoms with E-state index in [2.05, 4.69) is 43.2 Å². The number of anilines is 1. The summed E-state index contributed by atoms with van der Waals surface area (Å²) in [5, 5.41) is 12.5. The molecule has 1 heterocycles. The fourth-order valence-electron chi connectivity index (χ4n) is 1.84. The third-order valence-corrected chi connectivity index (χ3v) is 4.24. The van der Waals surface area contributed by atoms with Gasteiger partial charge in [-0.15, -0.1) is 5.10 Å². The fraction of sp³-hybridized carbons (Fsp3) is 0.500. The Morgan fingerprint density at radius 1 is 1.35 bits per heavy atom. The minimum Gasteiger partial charge on any atom is -0.398 e. The minimum atomic E-state index is 0.0696. The van der Waals surface area contributed by atoms with E-state index in [0.717, 1.165) is 0 Å². The third kappa shape index (κ3) is 2.77. The first-order valence-corrected chi connectivity index (χ1v) is 7.01. The maximum absolute atomic E-state index is 6.24. The highest BCUT2D eigenvalue weighted by Gasteiger charge is 2.26. The zero-order chi connectivity index (χ0) is 14.9. The van der Waals surface area contributed by atoms with Gasteiger partial charge in [-0.25, -0.2) is 4.68 Å². The molecule has 0 saturated heterocycles. The van der Waals surface area contributed by atoms with E-state index in [1.165, 1.54) is 0 Å². The molecule has 2 rings (SSSR count). The van der Waals surface area contributed by atoms with Gasteiger partial charge in [-0.2, -0.15) is 0 Å². The molecule has 0 bridgehead atoms. The number of halogens is 1. The van der Waals surface area contributed by atoms with Crippen LogP contribution in [0.3, 0.4) is 0 Å². The van der Waals surface area contributed by atoms with Crippen LogP contribution in [-0.2, 0) is 6.54 Å². The summed E-state index contributed by atoms with van der Waals surface area (Å²) in [5.74, 6) is 1.12. The van der Waals surface area contributed by atoms with Crippen molar-refractivity contribution in [1.29, 1.82) is 0 Å². The largest absolute Gasteiger partial charge is 0.398 e. The van der Waals surface area contributed by atoms with E-state index in [1.54, 1.807) is 16.8 Å². The second kappa shape index (κ2) is 5.40. The molecule has 108 valence electrons. The lowest BCUT2D eigenvalue weighted by molar-refractivity contribution is 0.200. The Balaban J connectivity index is 2.44. The normalized spacial score (nSPS) is 12.1. The molecule has 0 aliphatic rings. The van der Waals surface area contributed by atoms with Crippen molar-refractivity contribution in [2.45, 2.75) is 34.2 Å². The number of tetrazole rings is 1. The van der Waals surface area contributed by atoms with Crippen LogP contribution in [0.1, 0.15) is 27.7 Å². The van der Waals surface area contributed by atoms with Crippen molar-refractivity contribution in [1.82, 2.24) is 20.2 Å². The van der Waals surface area contributed by atoms with E-state index < -0.39 is 0 Å². The topological polar surface area (TPSA) is 69.6 Å². The predicted octanol–water partition coefficient (Wildman–Crippen LogP) is 3.26. The van der Waals surface area contributed by atoms with Crippen molar-refractivity contribution in [2.24, 2.45) is 11.3 Å². The van der Waals surface area contributed by atoms with Gasteiger partial charge in [0.1, 0.15) is 0 Å². The SMILES string of the molecule is CC(C)C(C)(C)Cn1nnnc1-c1c(N)cccc1Cl. The highest BCUT2D eigenvalue weighted by atomic mass is 35.5. The number of rotatable bonds is 4. The predicted molar refractivity (Wildman–Crippen MR) is 81.3 cm³/mol. The number of hydrogen-bond acceptors (Lipinski definition) is 4. The van der Waals surface area contributed by atoms with Gasteiger partial charge in [-0.3, -0.25) is 0 Å². The van der Waals surface area contributed by atoms with Crippen LogP contribution >= 0.6 is 11.6 Å². The number of nitrogen functional groups attached to an aromatic ring is 1. The highest BCUT2D eigenvalue weighted by molar-refractivity contribution is 6.33. The maximum Gasteiger partial charge on any atom is 0.185 e. The molecule has 0 radical (unpaired) electrons. The Labute approximate surface area is 124 Å². The summed E-state index contributed by atoms with van der Waals surface area (Å²) in [5.41, 5.74) is 7.35. The molecule has 2 N–H and O–H groups in total. The molecule has 1 aromatic carbocycles. The van der Waals surface area contributed by atoms with Gasteiger partial charge in [0.05, 0.1) is 17.1 Å².